The summed E-state index contributed by atoms with van der Waals surface area (Å²) in [6.45, 7) is 1.60. The van der Waals surface area contributed by atoms with Crippen LogP contribution in [0, 0.1) is 0 Å². The molecular weight excluding hydrogens is 259 g/mol. The van der Waals surface area contributed by atoms with Gasteiger partial charge in [0.25, 0.3) is 9.05 Å². The molecule has 0 atom stereocenters. The first-order chi connectivity index (χ1) is 7.49. The summed E-state index contributed by atoms with van der Waals surface area (Å²) in [6.07, 6.45) is 1.20. The fourth-order valence-corrected chi connectivity index (χ4v) is 2.16. The Morgan fingerprint density at radius 2 is 2.31 bits per heavy atom. The number of hydrogen-bond acceptors (Lipinski definition) is 4. The molecule has 1 aromatic heterocycles. The van der Waals surface area contributed by atoms with Gasteiger partial charge >= 0.3 is 0 Å². The van der Waals surface area contributed by atoms with Crippen molar-refractivity contribution in [3.05, 3.63) is 11.9 Å². The van der Waals surface area contributed by atoms with E-state index >= 15 is 0 Å². The molecule has 0 saturated carbocycles. The van der Waals surface area contributed by atoms with Gasteiger partial charge < -0.3 is 4.74 Å². The van der Waals surface area contributed by atoms with Crippen LogP contribution in [0.15, 0.2) is 11.1 Å². The minimum Gasteiger partial charge on any atom is -0.375 e. The van der Waals surface area contributed by atoms with Crippen LogP contribution < -0.4 is 0 Å². The van der Waals surface area contributed by atoms with Crippen LogP contribution >= 0.6 is 10.7 Å². The molecule has 0 radical (unpaired) electrons. The topological polar surface area (TPSA) is 61.2 Å². The Kier molecular flexibility index (Phi) is 4.69. The van der Waals surface area contributed by atoms with Crippen molar-refractivity contribution in [2.45, 2.75) is 25.0 Å². The average Bonchev–Trinajstić information content (AvgIpc) is 2.58. The molecule has 5 nitrogen and oxygen atoms in total. The van der Waals surface area contributed by atoms with E-state index in [-0.39, 0.29) is 23.7 Å². The number of nitrogens with zero attached hydrogens (tertiary/aromatic N) is 2. The van der Waals surface area contributed by atoms with Crippen molar-refractivity contribution in [3.63, 3.8) is 0 Å². The third kappa shape index (κ3) is 3.43. The van der Waals surface area contributed by atoms with Crippen molar-refractivity contribution < 1.29 is 17.5 Å². The van der Waals surface area contributed by atoms with E-state index in [2.05, 4.69) is 5.10 Å². The fraction of sp³-hybridized carbons (Fsp3) is 0.625. The van der Waals surface area contributed by atoms with Crippen LogP contribution in [-0.2, 0) is 26.9 Å². The first-order valence-corrected chi connectivity index (χ1v) is 6.94. The van der Waals surface area contributed by atoms with E-state index in [4.69, 9.17) is 15.4 Å². The molecule has 0 aromatic carbocycles. The van der Waals surface area contributed by atoms with Gasteiger partial charge in [0, 0.05) is 23.5 Å². The SMILES string of the molecule is CCOCc1nn(CCF)cc1S(=O)(=O)Cl. The highest BCUT2D eigenvalue weighted by Crippen LogP contribution is 2.19. The van der Waals surface area contributed by atoms with E-state index in [1.165, 1.54) is 10.9 Å². The summed E-state index contributed by atoms with van der Waals surface area (Å²) in [5.74, 6) is 0. The lowest BCUT2D eigenvalue weighted by Crippen LogP contribution is -2.02. The number of alkyl halides is 1. The highest BCUT2D eigenvalue weighted by molar-refractivity contribution is 8.13. The van der Waals surface area contributed by atoms with Gasteiger partial charge in [-0.25, -0.2) is 12.8 Å². The zero-order chi connectivity index (χ0) is 12.2. The standard InChI is InChI=1S/C8H12ClFN2O3S/c1-2-15-6-7-8(16(9,13)14)5-12(11-7)4-3-10/h5H,2-4,6H2,1H3. The van der Waals surface area contributed by atoms with Crippen LogP contribution in [0.25, 0.3) is 0 Å². The van der Waals surface area contributed by atoms with E-state index in [0.29, 0.717) is 6.61 Å². The second-order valence-corrected chi connectivity index (χ2v) is 5.50. The Balaban J connectivity index is 3.03. The molecule has 0 bridgehead atoms. The molecular formula is C8H12ClFN2O3S. The monoisotopic (exact) mass is 270 g/mol. The van der Waals surface area contributed by atoms with Gasteiger partial charge in [0.05, 0.1) is 13.2 Å². The Labute approximate surface area is 97.6 Å². The molecule has 1 heterocycles. The van der Waals surface area contributed by atoms with Crippen molar-refractivity contribution in [2.75, 3.05) is 13.3 Å². The normalized spacial score (nSPS) is 11.9. The van der Waals surface area contributed by atoms with Gasteiger partial charge in [0.2, 0.25) is 0 Å². The largest absolute Gasteiger partial charge is 0.375 e. The molecule has 8 heteroatoms. The quantitative estimate of drug-likeness (QED) is 0.732. The Morgan fingerprint density at radius 3 is 2.81 bits per heavy atom. The van der Waals surface area contributed by atoms with Gasteiger partial charge in [-0.1, -0.05) is 0 Å². The van der Waals surface area contributed by atoms with Gasteiger partial charge in [-0.3, -0.25) is 4.68 Å². The van der Waals surface area contributed by atoms with Gasteiger partial charge in [-0.2, -0.15) is 5.10 Å². The predicted octanol–water partition coefficient (Wildman–Crippen LogP) is 1.32. The molecule has 16 heavy (non-hydrogen) atoms. The summed E-state index contributed by atoms with van der Waals surface area (Å²) in [6, 6.07) is 0. The van der Waals surface area contributed by atoms with Crippen LogP contribution in [0.5, 0.6) is 0 Å². The molecule has 0 N–H and O–H groups in total. The maximum atomic E-state index is 12.1. The highest BCUT2D eigenvalue weighted by Gasteiger charge is 2.20. The molecule has 0 fully saturated rings. The van der Waals surface area contributed by atoms with Gasteiger partial charge in [-0.05, 0) is 6.92 Å². The second-order valence-electron chi connectivity index (χ2n) is 2.97. The first-order valence-electron chi connectivity index (χ1n) is 4.63. The third-order valence-corrected chi connectivity index (χ3v) is 3.18. The summed E-state index contributed by atoms with van der Waals surface area (Å²) >= 11 is 0. The van der Waals surface area contributed by atoms with Crippen molar-refractivity contribution >= 4 is 19.7 Å². The molecule has 1 aromatic rings. The lowest BCUT2D eigenvalue weighted by Gasteiger charge is -1.98. The van der Waals surface area contributed by atoms with Gasteiger partial charge in [0.15, 0.2) is 0 Å². The molecule has 1 rings (SSSR count). The first kappa shape index (κ1) is 13.4. The van der Waals surface area contributed by atoms with Crippen LogP contribution in [0.4, 0.5) is 4.39 Å². The molecule has 0 aliphatic rings. The maximum absolute atomic E-state index is 12.1. The van der Waals surface area contributed by atoms with Crippen LogP contribution in [-0.4, -0.2) is 31.5 Å². The molecule has 92 valence electrons. The molecule has 0 aliphatic carbocycles. The Bertz CT molecular complexity index is 446. The van der Waals surface area contributed by atoms with Crippen molar-refractivity contribution in [1.82, 2.24) is 9.78 Å². The molecule has 0 saturated heterocycles. The maximum Gasteiger partial charge on any atom is 0.264 e. The molecule has 0 aliphatic heterocycles. The lowest BCUT2D eigenvalue weighted by atomic mass is 10.5. The zero-order valence-corrected chi connectivity index (χ0v) is 10.3. The minimum atomic E-state index is -3.87. The van der Waals surface area contributed by atoms with Crippen LogP contribution in [0.1, 0.15) is 12.6 Å². The molecule has 0 unspecified atom stereocenters. The van der Waals surface area contributed by atoms with E-state index in [9.17, 15) is 12.8 Å². The number of hydrogen-bond donors (Lipinski definition) is 0. The Hall–Kier alpha value is -0.660. The van der Waals surface area contributed by atoms with Gasteiger partial charge in [-0.15, -0.1) is 0 Å². The number of ether oxygens (including phenoxy) is 1. The summed E-state index contributed by atoms with van der Waals surface area (Å²) in [5.41, 5.74) is 0.199. The van der Waals surface area contributed by atoms with Crippen molar-refractivity contribution in [2.24, 2.45) is 0 Å². The number of halogens is 2. The predicted molar refractivity (Wildman–Crippen MR) is 56.6 cm³/mol. The molecule has 0 spiro atoms. The van der Waals surface area contributed by atoms with Crippen LogP contribution in [0.2, 0.25) is 0 Å². The summed E-state index contributed by atoms with van der Waals surface area (Å²) < 4.78 is 40.7. The summed E-state index contributed by atoms with van der Waals surface area (Å²) in [7, 11) is 1.35. The van der Waals surface area contributed by atoms with Crippen molar-refractivity contribution in [1.29, 1.82) is 0 Å². The highest BCUT2D eigenvalue weighted by atomic mass is 35.7. The van der Waals surface area contributed by atoms with E-state index < -0.39 is 15.7 Å². The van der Waals surface area contributed by atoms with Gasteiger partial charge in [0.1, 0.15) is 17.3 Å². The summed E-state index contributed by atoms with van der Waals surface area (Å²) in [5, 5.41) is 3.89. The molecule has 0 amide bonds. The number of aromatic nitrogens is 2. The third-order valence-electron chi connectivity index (χ3n) is 1.82. The van der Waals surface area contributed by atoms with Crippen molar-refractivity contribution in [3.8, 4) is 0 Å². The van der Waals surface area contributed by atoms with E-state index in [0.717, 1.165) is 0 Å². The fourth-order valence-electron chi connectivity index (χ4n) is 1.15. The number of rotatable bonds is 6. The second kappa shape index (κ2) is 5.60. The average molecular weight is 271 g/mol. The summed E-state index contributed by atoms with van der Waals surface area (Å²) in [4.78, 5) is -0.129. The smallest absolute Gasteiger partial charge is 0.264 e. The Morgan fingerprint density at radius 1 is 1.62 bits per heavy atom. The zero-order valence-electron chi connectivity index (χ0n) is 8.69. The van der Waals surface area contributed by atoms with Crippen LogP contribution in [0.3, 0.4) is 0 Å². The lowest BCUT2D eigenvalue weighted by molar-refractivity contribution is 0.129. The minimum absolute atomic E-state index is 0.00840. The van der Waals surface area contributed by atoms with E-state index in [1.807, 2.05) is 0 Å². The van der Waals surface area contributed by atoms with E-state index in [1.54, 1.807) is 6.92 Å². The number of aryl methyl sites for hydroxylation is 1.